The number of carboxylic acids is 1. The second-order valence-corrected chi connectivity index (χ2v) is 13.0. The highest BCUT2D eigenvalue weighted by Gasteiger charge is 2.70. The van der Waals surface area contributed by atoms with Crippen molar-refractivity contribution in [3.63, 3.8) is 0 Å². The van der Waals surface area contributed by atoms with Crippen LogP contribution in [0.5, 0.6) is 11.5 Å². The number of esters is 1. The fourth-order valence-electron chi connectivity index (χ4n) is 7.35. The predicted molar refractivity (Wildman–Crippen MR) is 147 cm³/mol. The average Bonchev–Trinajstić information content (AvgIpc) is 3.66. The van der Waals surface area contributed by atoms with Crippen LogP contribution in [-0.4, -0.2) is 69.9 Å². The molecule has 41 heavy (non-hydrogen) atoms. The number of carbonyl (C=O) groups excluding carboxylic acids is 3. The van der Waals surface area contributed by atoms with Gasteiger partial charge in [-0.1, -0.05) is 17.4 Å². The van der Waals surface area contributed by atoms with Gasteiger partial charge in [-0.3, -0.25) is 19.3 Å². The lowest BCUT2D eigenvalue weighted by atomic mass is 9.68. The number of aromatic amines is 1. The molecule has 2 aliphatic heterocycles. The maximum atomic E-state index is 13.6. The van der Waals surface area contributed by atoms with Gasteiger partial charge in [0.1, 0.15) is 6.04 Å². The molecule has 13 heteroatoms. The number of H-pyrrole nitrogens is 1. The van der Waals surface area contributed by atoms with E-state index in [0.29, 0.717) is 24.5 Å². The first kappa shape index (κ1) is 27.8. The lowest BCUT2D eigenvalue weighted by Gasteiger charge is -2.43. The number of carbonyl (C=O) groups is 4. The lowest BCUT2D eigenvalue weighted by Crippen LogP contribution is -2.44. The smallest absolute Gasteiger partial charge is 0.344 e. The van der Waals surface area contributed by atoms with Gasteiger partial charge in [0, 0.05) is 16.0 Å². The van der Waals surface area contributed by atoms with Crippen molar-refractivity contribution < 1.29 is 38.5 Å². The molecule has 0 spiro atoms. The van der Waals surface area contributed by atoms with E-state index < -0.39 is 41.6 Å². The molecular weight excluding hydrogens is 572 g/mol. The molecule has 2 aliphatic carbocycles. The topological polar surface area (TPSA) is 152 Å². The summed E-state index contributed by atoms with van der Waals surface area (Å²) >= 11 is 2.70. The normalized spacial score (nSPS) is 30.0. The second-order valence-electron chi connectivity index (χ2n) is 10.8. The maximum Gasteiger partial charge on any atom is 0.344 e. The molecule has 2 amide bonds. The largest absolute Gasteiger partial charge is 0.490 e. The molecule has 2 saturated carbocycles. The molecule has 1 aromatic heterocycles. The molecule has 3 heterocycles. The Hall–Kier alpha value is -3.32. The molecule has 0 radical (unpaired) electrons. The average molecular weight is 603 g/mol. The number of likely N-dealkylation sites (tertiary alicyclic amines) is 1. The number of nitrogens with one attached hydrogen (secondary N) is 1. The third-order valence-corrected chi connectivity index (χ3v) is 11.4. The zero-order valence-corrected chi connectivity index (χ0v) is 24.3. The van der Waals surface area contributed by atoms with Gasteiger partial charge in [0.2, 0.25) is 11.8 Å². The summed E-state index contributed by atoms with van der Waals surface area (Å²) in [5.41, 5.74) is 0.875. The molecule has 6 rings (SSSR count). The molecule has 8 atom stereocenters. The van der Waals surface area contributed by atoms with Crippen LogP contribution in [0.3, 0.4) is 0 Å². The van der Waals surface area contributed by atoms with Crippen LogP contribution in [0, 0.1) is 29.6 Å². The Morgan fingerprint density at radius 2 is 1.80 bits per heavy atom. The Morgan fingerprint density at radius 3 is 2.49 bits per heavy atom. The summed E-state index contributed by atoms with van der Waals surface area (Å²) in [6.07, 6.45) is 0.694. The number of aliphatic carboxylic acids is 1. The number of rotatable bonds is 9. The van der Waals surface area contributed by atoms with Crippen LogP contribution in [-0.2, 0) is 23.9 Å². The zero-order valence-electron chi connectivity index (χ0n) is 22.7. The molecular formula is C28H30N2O9S2. The number of thiazole rings is 1. The number of hydrogen-bond donors (Lipinski definition) is 2. The minimum Gasteiger partial charge on any atom is -0.490 e. The highest BCUT2D eigenvalue weighted by molar-refractivity contribution is 8.00. The first-order valence-corrected chi connectivity index (χ1v) is 15.4. The third-order valence-electron chi connectivity index (χ3n) is 8.78. The van der Waals surface area contributed by atoms with Gasteiger partial charge >= 0.3 is 16.8 Å². The van der Waals surface area contributed by atoms with E-state index >= 15 is 0 Å². The molecule has 1 aromatic carbocycles. The highest BCUT2D eigenvalue weighted by Crippen LogP contribution is 2.68. The summed E-state index contributed by atoms with van der Waals surface area (Å²) < 4.78 is 16.5. The summed E-state index contributed by atoms with van der Waals surface area (Å²) in [7, 11) is 0. The molecule has 1 saturated heterocycles. The van der Waals surface area contributed by atoms with Crippen molar-refractivity contribution in [3.8, 4) is 11.5 Å². The van der Waals surface area contributed by atoms with E-state index in [0.717, 1.165) is 31.7 Å². The minimum atomic E-state index is -1.22. The standard InChI is InChI=1S/C28H30N2O9S2/c1-4-37-16-8-12(6-7-15(16)39-10-17(31)38-5-2)18-19-13-9-14(22(19)40-24-23(18)41-28(36)29-24)21-20(13)25(32)30(26(21)33)11(3)27(34)35/h6-8,11,13-14,18-22H,4-5,9-10H2,1-3H3,(H,29,36)(H,34,35)/t11?,13?,14?,18-,19?,20?,21?,22?/m1/s1. The molecule has 4 aliphatic rings. The number of nitrogens with zero attached hydrogens (tertiary/aromatic N) is 1. The Balaban J connectivity index is 1.38. The lowest BCUT2D eigenvalue weighted by molar-refractivity contribution is -0.154. The number of aromatic nitrogens is 1. The van der Waals surface area contributed by atoms with Gasteiger partial charge in [0.25, 0.3) is 0 Å². The molecule has 7 unspecified atom stereocenters. The fraction of sp³-hybridized carbons (Fsp3) is 0.536. The van der Waals surface area contributed by atoms with E-state index in [9.17, 15) is 29.1 Å². The Bertz CT molecular complexity index is 1480. The van der Waals surface area contributed by atoms with Gasteiger partial charge in [-0.05, 0) is 62.6 Å². The van der Waals surface area contributed by atoms with Gasteiger partial charge < -0.3 is 24.3 Å². The molecule has 11 nitrogen and oxygen atoms in total. The van der Waals surface area contributed by atoms with E-state index in [-0.39, 0.29) is 47.0 Å². The molecule has 218 valence electrons. The fourth-order valence-corrected chi connectivity index (χ4v) is 10.2. The van der Waals surface area contributed by atoms with E-state index in [1.807, 2.05) is 19.1 Å². The Kier molecular flexibility index (Phi) is 7.13. The van der Waals surface area contributed by atoms with Gasteiger partial charge in [-0.15, -0.1) is 11.8 Å². The van der Waals surface area contributed by atoms with Crippen molar-refractivity contribution in [3.05, 3.63) is 38.3 Å². The number of carboxylic acid groups (broad SMARTS) is 1. The number of fused-ring (bicyclic) bond motifs is 9. The number of benzene rings is 1. The van der Waals surface area contributed by atoms with Crippen LogP contribution in [0.1, 0.15) is 43.6 Å². The number of imide groups is 1. The summed E-state index contributed by atoms with van der Waals surface area (Å²) in [5, 5.41) is 10.3. The molecule has 2 bridgehead atoms. The summed E-state index contributed by atoms with van der Waals surface area (Å²) in [6.45, 7) is 5.26. The highest BCUT2D eigenvalue weighted by atomic mass is 32.2. The van der Waals surface area contributed by atoms with Crippen molar-refractivity contribution in [2.75, 3.05) is 19.8 Å². The van der Waals surface area contributed by atoms with Gasteiger partial charge in [-0.2, -0.15) is 0 Å². The predicted octanol–water partition coefficient (Wildman–Crippen LogP) is 2.72. The van der Waals surface area contributed by atoms with Gasteiger partial charge in [0.05, 0.1) is 30.1 Å². The first-order valence-electron chi connectivity index (χ1n) is 13.7. The zero-order chi connectivity index (χ0) is 29.2. The van der Waals surface area contributed by atoms with Crippen LogP contribution in [0.4, 0.5) is 0 Å². The quantitative estimate of drug-likeness (QED) is 0.324. The van der Waals surface area contributed by atoms with Crippen molar-refractivity contribution in [2.24, 2.45) is 29.6 Å². The maximum absolute atomic E-state index is 13.6. The van der Waals surface area contributed by atoms with Crippen LogP contribution in [0.2, 0.25) is 0 Å². The second kappa shape index (κ2) is 10.5. The first-order chi connectivity index (χ1) is 19.7. The SMILES string of the molecule is CCOC(=O)COc1ccc([C@H]2c3sc(=O)[nH]c3SC3C4CC(C5C(=O)N(C(C)C(=O)O)C(=O)C45)C32)cc1OCC. The molecule has 3 fully saturated rings. The van der Waals surface area contributed by atoms with E-state index in [2.05, 4.69) is 4.98 Å². The summed E-state index contributed by atoms with van der Waals surface area (Å²) in [4.78, 5) is 67.7. The number of ether oxygens (including phenoxy) is 3. The van der Waals surface area contributed by atoms with Gasteiger partial charge in [-0.25, -0.2) is 9.59 Å². The van der Waals surface area contributed by atoms with Crippen LogP contribution in [0.15, 0.2) is 28.0 Å². The Labute approximate surface area is 243 Å². The Morgan fingerprint density at radius 1 is 1.07 bits per heavy atom. The van der Waals surface area contributed by atoms with Crippen molar-refractivity contribution in [2.45, 2.75) is 49.4 Å². The minimum absolute atomic E-state index is 0.0314. The van der Waals surface area contributed by atoms with Crippen molar-refractivity contribution in [1.29, 1.82) is 0 Å². The summed E-state index contributed by atoms with van der Waals surface area (Å²) in [6, 6.07) is 4.26. The number of thioether (sulfide) groups is 1. The van der Waals surface area contributed by atoms with E-state index in [1.54, 1.807) is 24.8 Å². The number of hydrogen-bond acceptors (Lipinski definition) is 10. The molecule has 2 aromatic rings. The van der Waals surface area contributed by atoms with Gasteiger partial charge in [0.15, 0.2) is 18.1 Å². The number of amides is 2. The monoisotopic (exact) mass is 602 g/mol. The van der Waals surface area contributed by atoms with Crippen LogP contribution in [0.25, 0.3) is 0 Å². The summed E-state index contributed by atoms with van der Waals surface area (Å²) in [5.74, 6) is -3.35. The van der Waals surface area contributed by atoms with E-state index in [1.165, 1.54) is 6.92 Å². The van der Waals surface area contributed by atoms with E-state index in [4.69, 9.17) is 14.2 Å². The van der Waals surface area contributed by atoms with Crippen molar-refractivity contribution >= 4 is 46.9 Å². The van der Waals surface area contributed by atoms with Crippen molar-refractivity contribution in [1.82, 2.24) is 9.88 Å². The molecule has 2 N–H and O–H groups in total. The van der Waals surface area contributed by atoms with Crippen LogP contribution >= 0.6 is 23.1 Å². The van der Waals surface area contributed by atoms with Crippen LogP contribution < -0.4 is 14.3 Å². The third kappa shape index (κ3) is 4.35.